The van der Waals surface area contributed by atoms with Gasteiger partial charge in [0.15, 0.2) is 6.61 Å². The fourth-order valence-electron chi connectivity index (χ4n) is 2.11. The molecular formula is C17H13F2N3O4. The largest absolute Gasteiger partial charge is 0.452 e. The smallest absolute Gasteiger partial charge is 0.374 e. The monoisotopic (exact) mass is 361 g/mol. The molecule has 0 radical (unpaired) electrons. The molecule has 3 rings (SSSR count). The molecule has 26 heavy (non-hydrogen) atoms. The second kappa shape index (κ2) is 7.60. The number of carbonyl (C=O) groups is 2. The number of halogens is 2. The average molecular weight is 361 g/mol. The molecule has 0 atom stereocenters. The minimum absolute atomic E-state index is 0.0862. The second-order valence-electron chi connectivity index (χ2n) is 5.22. The van der Waals surface area contributed by atoms with Crippen molar-refractivity contribution in [2.24, 2.45) is 0 Å². The summed E-state index contributed by atoms with van der Waals surface area (Å²) in [5.74, 6) is -2.79. The van der Waals surface area contributed by atoms with Gasteiger partial charge < -0.3 is 14.5 Å². The van der Waals surface area contributed by atoms with Gasteiger partial charge in [0, 0.05) is 18.5 Å². The van der Waals surface area contributed by atoms with Crippen LogP contribution in [-0.4, -0.2) is 28.3 Å². The predicted molar refractivity (Wildman–Crippen MR) is 85.3 cm³/mol. The summed E-state index contributed by atoms with van der Waals surface area (Å²) in [7, 11) is 0. The number of nitrogens with one attached hydrogen (secondary N) is 1. The highest BCUT2D eigenvalue weighted by Crippen LogP contribution is 2.15. The van der Waals surface area contributed by atoms with Gasteiger partial charge in [-0.15, -0.1) is 0 Å². The van der Waals surface area contributed by atoms with Crippen molar-refractivity contribution in [1.29, 1.82) is 0 Å². The van der Waals surface area contributed by atoms with Crippen LogP contribution in [0.25, 0.3) is 0 Å². The van der Waals surface area contributed by atoms with Crippen molar-refractivity contribution in [1.82, 2.24) is 9.78 Å². The number of esters is 1. The Morgan fingerprint density at radius 1 is 1.23 bits per heavy atom. The van der Waals surface area contributed by atoms with Gasteiger partial charge in [0.2, 0.25) is 5.76 Å². The van der Waals surface area contributed by atoms with Gasteiger partial charge in [0.1, 0.15) is 17.4 Å². The van der Waals surface area contributed by atoms with Gasteiger partial charge in [-0.2, -0.15) is 5.10 Å². The predicted octanol–water partition coefficient (Wildman–Crippen LogP) is 2.60. The van der Waals surface area contributed by atoms with E-state index in [1.807, 2.05) is 0 Å². The van der Waals surface area contributed by atoms with E-state index in [0.29, 0.717) is 12.3 Å². The highest BCUT2D eigenvalue weighted by Gasteiger charge is 2.16. The molecule has 0 aliphatic rings. The zero-order valence-corrected chi connectivity index (χ0v) is 13.3. The molecule has 9 heteroatoms. The van der Waals surface area contributed by atoms with Crippen LogP contribution in [0.2, 0.25) is 0 Å². The molecule has 1 amide bonds. The van der Waals surface area contributed by atoms with Crippen molar-refractivity contribution in [3.05, 3.63) is 71.9 Å². The number of anilines is 1. The molecule has 0 fully saturated rings. The Hall–Kier alpha value is -3.49. The lowest BCUT2D eigenvalue weighted by Crippen LogP contribution is -2.21. The van der Waals surface area contributed by atoms with Crippen LogP contribution >= 0.6 is 0 Å². The van der Waals surface area contributed by atoms with Crippen LogP contribution in [0.4, 0.5) is 14.5 Å². The third-order valence-corrected chi connectivity index (χ3v) is 3.28. The van der Waals surface area contributed by atoms with E-state index in [1.54, 1.807) is 29.2 Å². The molecule has 0 spiro atoms. The highest BCUT2D eigenvalue weighted by atomic mass is 19.1. The number of nitrogens with zero attached hydrogens (tertiary/aromatic N) is 2. The molecule has 0 unspecified atom stereocenters. The zero-order valence-electron chi connectivity index (χ0n) is 13.3. The molecule has 7 nitrogen and oxygen atoms in total. The number of hydrogen-bond donors (Lipinski definition) is 1. The maximum Gasteiger partial charge on any atom is 0.374 e. The fourth-order valence-corrected chi connectivity index (χ4v) is 2.11. The quantitative estimate of drug-likeness (QED) is 0.682. The Balaban J connectivity index is 1.52. The maximum atomic E-state index is 13.4. The number of hydrogen-bond acceptors (Lipinski definition) is 5. The van der Waals surface area contributed by atoms with Gasteiger partial charge in [-0.25, -0.2) is 13.6 Å². The summed E-state index contributed by atoms with van der Waals surface area (Å²) in [6.45, 7) is -0.344. The first-order valence-electron chi connectivity index (χ1n) is 7.49. The summed E-state index contributed by atoms with van der Waals surface area (Å²) >= 11 is 0. The lowest BCUT2D eigenvalue weighted by Gasteiger charge is -2.07. The molecule has 0 saturated heterocycles. The minimum atomic E-state index is -0.855. The highest BCUT2D eigenvalue weighted by molar-refractivity contribution is 5.94. The SMILES string of the molecule is O=C(COC(=O)c1ccc(Cn2cccn2)o1)Nc1cc(F)ccc1F. The van der Waals surface area contributed by atoms with Crippen molar-refractivity contribution in [3.63, 3.8) is 0 Å². The third kappa shape index (κ3) is 4.32. The van der Waals surface area contributed by atoms with E-state index in [4.69, 9.17) is 9.15 Å². The summed E-state index contributed by atoms with van der Waals surface area (Å²) < 4.78 is 38.2. The van der Waals surface area contributed by atoms with Crippen molar-refractivity contribution < 1.29 is 27.5 Å². The number of ether oxygens (including phenoxy) is 1. The summed E-state index contributed by atoms with van der Waals surface area (Å²) in [5, 5.41) is 6.13. The summed E-state index contributed by atoms with van der Waals surface area (Å²) in [5.41, 5.74) is -0.342. The molecule has 0 aliphatic carbocycles. The number of aromatic nitrogens is 2. The van der Waals surface area contributed by atoms with Crippen LogP contribution in [0.15, 0.2) is 53.2 Å². The number of furan rings is 1. The van der Waals surface area contributed by atoms with Crippen LogP contribution in [-0.2, 0) is 16.1 Å². The Bertz CT molecular complexity index is 922. The Morgan fingerprint density at radius 3 is 2.85 bits per heavy atom. The van der Waals surface area contributed by atoms with Crippen LogP contribution in [0.5, 0.6) is 0 Å². The van der Waals surface area contributed by atoms with E-state index < -0.39 is 30.1 Å². The number of benzene rings is 1. The topological polar surface area (TPSA) is 86.4 Å². The standard InChI is InChI=1S/C17H13F2N3O4/c18-11-2-4-13(19)14(8-11)21-16(23)10-25-17(24)15-5-3-12(26-15)9-22-7-1-6-20-22/h1-8H,9-10H2,(H,21,23). The molecule has 0 bridgehead atoms. The number of rotatable bonds is 6. The van der Waals surface area contributed by atoms with E-state index in [9.17, 15) is 18.4 Å². The molecule has 1 aromatic carbocycles. The Morgan fingerprint density at radius 2 is 2.08 bits per heavy atom. The summed E-state index contributed by atoms with van der Waals surface area (Å²) in [6, 6.07) is 7.36. The van der Waals surface area contributed by atoms with Crippen LogP contribution in [0.1, 0.15) is 16.3 Å². The van der Waals surface area contributed by atoms with Crippen molar-refractivity contribution in [2.75, 3.05) is 11.9 Å². The van der Waals surface area contributed by atoms with Gasteiger partial charge in [0.05, 0.1) is 12.2 Å². The molecule has 3 aromatic rings. The first-order valence-corrected chi connectivity index (χ1v) is 7.49. The van der Waals surface area contributed by atoms with E-state index >= 15 is 0 Å². The molecule has 1 N–H and O–H groups in total. The normalized spacial score (nSPS) is 10.5. The van der Waals surface area contributed by atoms with Gasteiger partial charge in [0.25, 0.3) is 5.91 Å². The number of carbonyl (C=O) groups excluding carboxylic acids is 2. The Kier molecular flexibility index (Phi) is 5.07. The third-order valence-electron chi connectivity index (χ3n) is 3.28. The molecule has 0 saturated carbocycles. The molecule has 2 aromatic heterocycles. The van der Waals surface area contributed by atoms with Gasteiger partial charge in [-0.1, -0.05) is 0 Å². The lowest BCUT2D eigenvalue weighted by atomic mass is 10.3. The fraction of sp³-hybridized carbons (Fsp3) is 0.118. The van der Waals surface area contributed by atoms with Gasteiger partial charge >= 0.3 is 5.97 Å². The van der Waals surface area contributed by atoms with E-state index in [1.165, 1.54) is 6.07 Å². The summed E-state index contributed by atoms with van der Waals surface area (Å²) in [6.07, 6.45) is 3.34. The van der Waals surface area contributed by atoms with E-state index in [0.717, 1.165) is 18.2 Å². The zero-order chi connectivity index (χ0) is 18.5. The van der Waals surface area contributed by atoms with Gasteiger partial charge in [-0.05, 0) is 30.3 Å². The first-order chi connectivity index (χ1) is 12.5. The Labute approximate surface area is 146 Å². The first kappa shape index (κ1) is 17.3. The molecule has 2 heterocycles. The van der Waals surface area contributed by atoms with Crippen molar-refractivity contribution in [3.8, 4) is 0 Å². The van der Waals surface area contributed by atoms with Crippen LogP contribution in [0, 0.1) is 11.6 Å². The van der Waals surface area contributed by atoms with Gasteiger partial charge in [-0.3, -0.25) is 9.48 Å². The van der Waals surface area contributed by atoms with Crippen molar-refractivity contribution in [2.45, 2.75) is 6.54 Å². The van der Waals surface area contributed by atoms with E-state index in [-0.39, 0.29) is 11.4 Å². The van der Waals surface area contributed by atoms with Crippen LogP contribution < -0.4 is 5.32 Å². The van der Waals surface area contributed by atoms with Crippen LogP contribution in [0.3, 0.4) is 0 Å². The summed E-state index contributed by atoms with van der Waals surface area (Å²) in [4.78, 5) is 23.6. The maximum absolute atomic E-state index is 13.4. The molecule has 134 valence electrons. The van der Waals surface area contributed by atoms with Crippen molar-refractivity contribution >= 4 is 17.6 Å². The minimum Gasteiger partial charge on any atom is -0.452 e. The van der Waals surface area contributed by atoms with E-state index in [2.05, 4.69) is 10.4 Å². The number of amides is 1. The lowest BCUT2D eigenvalue weighted by molar-refractivity contribution is -0.119. The second-order valence-corrected chi connectivity index (χ2v) is 5.22. The average Bonchev–Trinajstić information content (AvgIpc) is 3.28. The molecule has 0 aliphatic heterocycles. The molecular weight excluding hydrogens is 348 g/mol.